The summed E-state index contributed by atoms with van der Waals surface area (Å²) in [5, 5.41) is 4.97. The predicted molar refractivity (Wildman–Crippen MR) is 118 cm³/mol. The Balaban J connectivity index is 1.57. The van der Waals surface area contributed by atoms with Crippen molar-refractivity contribution in [3.8, 4) is 5.75 Å². The first-order valence-corrected chi connectivity index (χ1v) is 10.4. The number of benzene rings is 2. The topological polar surface area (TPSA) is 80.9 Å². The van der Waals surface area contributed by atoms with Crippen molar-refractivity contribution < 1.29 is 18.7 Å². The summed E-state index contributed by atoms with van der Waals surface area (Å²) >= 11 is 12.0. The lowest BCUT2D eigenvalue weighted by molar-refractivity contribution is 0.0698. The molecule has 0 saturated heterocycles. The van der Waals surface area contributed by atoms with Crippen LogP contribution in [0.4, 0.5) is 0 Å². The van der Waals surface area contributed by atoms with E-state index in [4.69, 9.17) is 32.4 Å². The zero-order valence-electron chi connectivity index (χ0n) is 16.6. The van der Waals surface area contributed by atoms with Gasteiger partial charge in [-0.3, -0.25) is 4.79 Å². The average molecular weight is 457 g/mol. The predicted octanol–water partition coefficient (Wildman–Crippen LogP) is 5.58. The average Bonchev–Trinajstić information content (AvgIpc) is 3.10. The highest BCUT2D eigenvalue weighted by molar-refractivity contribution is 6.36. The van der Waals surface area contributed by atoms with E-state index >= 15 is 0 Å². The number of hydrogen-bond acceptors (Lipinski definition) is 5. The molecule has 1 aliphatic carbocycles. The normalized spacial score (nSPS) is 14.2. The Labute approximate surface area is 188 Å². The van der Waals surface area contributed by atoms with Gasteiger partial charge in [-0.15, -0.1) is 0 Å². The van der Waals surface area contributed by atoms with E-state index in [0.717, 1.165) is 12.0 Å². The smallest absolute Gasteiger partial charge is 0.379 e. The maximum Gasteiger partial charge on any atom is 0.379 e. The lowest BCUT2D eigenvalue weighted by Gasteiger charge is -2.13. The highest BCUT2D eigenvalue weighted by Crippen LogP contribution is 2.30. The van der Waals surface area contributed by atoms with E-state index in [1.165, 1.54) is 12.1 Å². The van der Waals surface area contributed by atoms with Crippen molar-refractivity contribution in [2.75, 3.05) is 0 Å². The standard InChI is InChI=1S/C23H18Cl2N2O4/c1-13-20-18(26-27-22(28)16-11-10-14(24)12-17(16)25)8-5-9-19(20)31-21(13)23(29)30-15-6-3-2-4-7-15/h2-4,6-7,10-12H,5,8-9H2,1H3,(H,27,28)/b26-18+. The van der Waals surface area contributed by atoms with Gasteiger partial charge >= 0.3 is 5.97 Å². The summed E-state index contributed by atoms with van der Waals surface area (Å²) in [6.07, 6.45) is 2.09. The van der Waals surface area contributed by atoms with Crippen LogP contribution in [0.5, 0.6) is 5.75 Å². The summed E-state index contributed by atoms with van der Waals surface area (Å²) in [5.41, 5.74) is 4.81. The Morgan fingerprint density at radius 3 is 2.61 bits per heavy atom. The molecule has 158 valence electrons. The van der Waals surface area contributed by atoms with Gasteiger partial charge in [0.15, 0.2) is 0 Å². The molecule has 8 heteroatoms. The van der Waals surface area contributed by atoms with Gasteiger partial charge in [0.2, 0.25) is 5.76 Å². The molecule has 1 N–H and O–H groups in total. The second-order valence-electron chi connectivity index (χ2n) is 7.03. The number of nitrogens with zero attached hydrogens (tertiary/aromatic N) is 1. The van der Waals surface area contributed by atoms with Gasteiger partial charge in [0, 0.05) is 22.6 Å². The SMILES string of the molecule is Cc1c(C(=O)Oc2ccccc2)oc2c1/C(=N/NC(=O)c1ccc(Cl)cc1Cl)CCC2. The zero-order valence-corrected chi connectivity index (χ0v) is 18.1. The van der Waals surface area contributed by atoms with Crippen LogP contribution in [0.25, 0.3) is 0 Å². The number of carbonyl (C=O) groups excluding carboxylic acids is 2. The molecule has 6 nitrogen and oxygen atoms in total. The molecule has 4 rings (SSSR count). The molecule has 1 heterocycles. The molecular formula is C23H18Cl2N2O4. The summed E-state index contributed by atoms with van der Waals surface area (Å²) in [4.78, 5) is 25.1. The van der Waals surface area contributed by atoms with E-state index in [0.29, 0.717) is 40.6 Å². The van der Waals surface area contributed by atoms with Gasteiger partial charge in [0.25, 0.3) is 5.91 Å². The highest BCUT2D eigenvalue weighted by Gasteiger charge is 2.29. The molecular weight excluding hydrogens is 439 g/mol. The molecule has 31 heavy (non-hydrogen) atoms. The molecule has 3 aromatic rings. The minimum absolute atomic E-state index is 0.135. The molecule has 0 spiro atoms. The molecule has 2 aromatic carbocycles. The summed E-state index contributed by atoms with van der Waals surface area (Å²) in [6, 6.07) is 13.4. The van der Waals surface area contributed by atoms with Crippen molar-refractivity contribution in [2.24, 2.45) is 5.10 Å². The van der Waals surface area contributed by atoms with E-state index in [1.807, 2.05) is 6.07 Å². The lowest BCUT2D eigenvalue weighted by atomic mass is 9.93. The lowest BCUT2D eigenvalue weighted by Crippen LogP contribution is -2.22. The summed E-state index contributed by atoms with van der Waals surface area (Å²) in [6.45, 7) is 1.78. The number of furan rings is 1. The highest BCUT2D eigenvalue weighted by atomic mass is 35.5. The van der Waals surface area contributed by atoms with Crippen LogP contribution in [-0.2, 0) is 6.42 Å². The van der Waals surface area contributed by atoms with E-state index < -0.39 is 11.9 Å². The van der Waals surface area contributed by atoms with E-state index in [2.05, 4.69) is 10.5 Å². The van der Waals surface area contributed by atoms with Gasteiger partial charge in [0.1, 0.15) is 11.5 Å². The summed E-state index contributed by atoms with van der Waals surface area (Å²) < 4.78 is 11.2. The first-order chi connectivity index (χ1) is 14.9. The third-order valence-electron chi connectivity index (χ3n) is 4.93. The van der Waals surface area contributed by atoms with Crippen LogP contribution in [-0.4, -0.2) is 17.6 Å². The van der Waals surface area contributed by atoms with Crippen LogP contribution < -0.4 is 10.2 Å². The Hall–Kier alpha value is -3.09. The number of hydrogen-bond donors (Lipinski definition) is 1. The largest absolute Gasteiger partial charge is 0.453 e. The Morgan fingerprint density at radius 1 is 1.10 bits per heavy atom. The number of aryl methyl sites for hydroxylation is 1. The monoisotopic (exact) mass is 456 g/mol. The van der Waals surface area contributed by atoms with Crippen molar-refractivity contribution in [1.29, 1.82) is 0 Å². The van der Waals surface area contributed by atoms with Gasteiger partial charge in [-0.1, -0.05) is 41.4 Å². The Bertz CT molecular complexity index is 1190. The van der Waals surface area contributed by atoms with Crippen molar-refractivity contribution >= 4 is 40.8 Å². The number of esters is 1. The third-order valence-corrected chi connectivity index (χ3v) is 5.48. The quantitative estimate of drug-likeness (QED) is 0.315. The van der Waals surface area contributed by atoms with Crippen LogP contribution in [0.2, 0.25) is 10.0 Å². The van der Waals surface area contributed by atoms with Crippen LogP contribution in [0.15, 0.2) is 58.0 Å². The van der Waals surface area contributed by atoms with E-state index in [1.54, 1.807) is 37.3 Å². The van der Waals surface area contributed by atoms with Gasteiger partial charge < -0.3 is 9.15 Å². The van der Waals surface area contributed by atoms with Gasteiger partial charge in [0.05, 0.1) is 16.3 Å². The van der Waals surface area contributed by atoms with Crippen molar-refractivity contribution in [3.63, 3.8) is 0 Å². The zero-order chi connectivity index (χ0) is 22.0. The third kappa shape index (κ3) is 4.50. The first kappa shape index (κ1) is 21.2. The van der Waals surface area contributed by atoms with Crippen LogP contribution >= 0.6 is 23.2 Å². The van der Waals surface area contributed by atoms with Gasteiger partial charge in [-0.2, -0.15) is 5.10 Å². The van der Waals surface area contributed by atoms with Crippen molar-refractivity contribution in [2.45, 2.75) is 26.2 Å². The number of ether oxygens (including phenoxy) is 1. The number of carbonyl (C=O) groups is 2. The Morgan fingerprint density at radius 2 is 1.87 bits per heavy atom. The number of amides is 1. The molecule has 0 saturated carbocycles. The molecule has 0 atom stereocenters. The Kier molecular flexibility index (Phi) is 6.11. The number of hydrazone groups is 1. The molecule has 1 amide bonds. The molecule has 0 bridgehead atoms. The van der Waals surface area contributed by atoms with E-state index in [-0.39, 0.29) is 16.3 Å². The maximum absolute atomic E-state index is 12.6. The van der Waals surface area contributed by atoms with Crippen molar-refractivity contribution in [3.05, 3.63) is 86.8 Å². The molecule has 0 radical (unpaired) electrons. The maximum atomic E-state index is 12.6. The van der Waals surface area contributed by atoms with E-state index in [9.17, 15) is 9.59 Å². The summed E-state index contributed by atoms with van der Waals surface area (Å²) in [5.74, 6) is 0.194. The first-order valence-electron chi connectivity index (χ1n) is 9.66. The molecule has 1 aromatic heterocycles. The molecule has 0 fully saturated rings. The fraction of sp³-hybridized carbons (Fsp3) is 0.174. The molecule has 0 unspecified atom stereocenters. The number of para-hydroxylation sites is 1. The summed E-state index contributed by atoms with van der Waals surface area (Å²) in [7, 11) is 0. The minimum atomic E-state index is -0.575. The van der Waals surface area contributed by atoms with Crippen molar-refractivity contribution in [1.82, 2.24) is 5.43 Å². The van der Waals surface area contributed by atoms with Gasteiger partial charge in [-0.05, 0) is 50.1 Å². The van der Waals surface area contributed by atoms with Crippen LogP contribution in [0.1, 0.15) is 50.6 Å². The number of halogens is 2. The van der Waals surface area contributed by atoms with Crippen LogP contribution in [0, 0.1) is 6.92 Å². The molecule has 0 aliphatic heterocycles. The number of fused-ring (bicyclic) bond motifs is 1. The fourth-order valence-corrected chi connectivity index (χ4v) is 3.96. The second kappa shape index (κ2) is 8.96. The second-order valence-corrected chi connectivity index (χ2v) is 7.88. The molecule has 1 aliphatic rings. The minimum Gasteiger partial charge on any atom is -0.453 e. The number of nitrogens with one attached hydrogen (secondary N) is 1. The fourth-order valence-electron chi connectivity index (χ4n) is 3.47. The number of rotatable bonds is 4. The van der Waals surface area contributed by atoms with Crippen LogP contribution in [0.3, 0.4) is 0 Å². The van der Waals surface area contributed by atoms with Gasteiger partial charge in [-0.25, -0.2) is 10.2 Å².